The number of hydrogen-bond donors (Lipinski definition) is 0. The summed E-state index contributed by atoms with van der Waals surface area (Å²) in [6, 6.07) is 0. The molecule has 0 aliphatic carbocycles. The second-order valence-electron chi connectivity index (χ2n) is 0.975. The largest absolute Gasteiger partial charge is 0.248 e. The molecule has 0 aliphatic heterocycles. The van der Waals surface area contributed by atoms with Crippen LogP contribution in [-0.4, -0.2) is 16.2 Å². The van der Waals surface area contributed by atoms with Crippen LogP contribution in [0.2, 0.25) is 0 Å². The maximum Gasteiger partial charge on any atom is 0.0775 e. The van der Waals surface area contributed by atoms with Gasteiger partial charge < -0.3 is 0 Å². The zero-order chi connectivity index (χ0) is 5.70. The summed E-state index contributed by atoms with van der Waals surface area (Å²) < 4.78 is 10.2. The van der Waals surface area contributed by atoms with Gasteiger partial charge in [0, 0.05) is 12.0 Å². The molecule has 0 radical (unpaired) electrons. The van der Waals surface area contributed by atoms with E-state index in [1.54, 1.807) is 12.3 Å². The molecule has 0 amide bonds. The van der Waals surface area contributed by atoms with Crippen LogP contribution in [0.25, 0.3) is 0 Å². The smallest absolute Gasteiger partial charge is 0.0775 e. The highest BCUT2D eigenvalue weighted by Gasteiger charge is 1.83. The van der Waals surface area contributed by atoms with Crippen molar-refractivity contribution in [3.05, 3.63) is 12.7 Å². The summed E-state index contributed by atoms with van der Waals surface area (Å²) in [6.45, 7) is 3.48. The van der Waals surface area contributed by atoms with Crippen molar-refractivity contribution in [1.29, 1.82) is 0 Å². The van der Waals surface area contributed by atoms with Gasteiger partial charge in [-0.1, -0.05) is 16.9 Å². The standard InChI is InChI=1S/C4H8OS2/c1-3-4-6-7(2)5/h3H,1,4H2,2H3/t7-/m1/s1. The molecule has 3 heteroatoms. The van der Waals surface area contributed by atoms with Crippen molar-refractivity contribution in [2.24, 2.45) is 0 Å². The molecule has 7 heavy (non-hydrogen) atoms. The van der Waals surface area contributed by atoms with E-state index in [-0.39, 0.29) is 0 Å². The highest BCUT2D eigenvalue weighted by molar-refractivity contribution is 8.69. The van der Waals surface area contributed by atoms with Crippen molar-refractivity contribution in [3.63, 3.8) is 0 Å². The Morgan fingerprint density at radius 2 is 2.57 bits per heavy atom. The van der Waals surface area contributed by atoms with Crippen LogP contribution in [-0.2, 0) is 9.83 Å². The number of rotatable bonds is 3. The van der Waals surface area contributed by atoms with E-state index in [0.29, 0.717) is 0 Å². The first kappa shape index (κ1) is 7.24. The predicted molar refractivity (Wildman–Crippen MR) is 36.7 cm³/mol. The summed E-state index contributed by atoms with van der Waals surface area (Å²) in [5.74, 6) is 0.781. The van der Waals surface area contributed by atoms with Gasteiger partial charge in [-0.05, 0) is 0 Å². The molecule has 1 atom stereocenters. The van der Waals surface area contributed by atoms with Crippen LogP contribution in [0.1, 0.15) is 0 Å². The minimum Gasteiger partial charge on any atom is -0.248 e. The Morgan fingerprint density at radius 1 is 2.00 bits per heavy atom. The van der Waals surface area contributed by atoms with Crippen LogP contribution >= 0.6 is 10.8 Å². The Labute approximate surface area is 50.0 Å². The third-order valence-electron chi connectivity index (χ3n) is 0.352. The third kappa shape index (κ3) is 6.24. The lowest BCUT2D eigenvalue weighted by atomic mass is 10.8. The first-order valence-corrected chi connectivity index (χ1v) is 4.91. The van der Waals surface area contributed by atoms with E-state index in [1.807, 2.05) is 0 Å². The monoisotopic (exact) mass is 136 g/mol. The van der Waals surface area contributed by atoms with Crippen LogP contribution in [0.4, 0.5) is 0 Å². The molecule has 0 saturated heterocycles. The molecule has 0 aromatic carbocycles. The summed E-state index contributed by atoms with van der Waals surface area (Å²) in [7, 11) is 0.665. The Morgan fingerprint density at radius 3 is 2.71 bits per heavy atom. The van der Waals surface area contributed by atoms with E-state index < -0.39 is 9.83 Å². The molecule has 0 unspecified atom stereocenters. The predicted octanol–water partition coefficient (Wildman–Crippen LogP) is 1.20. The third-order valence-corrected chi connectivity index (χ3v) is 2.46. The van der Waals surface area contributed by atoms with E-state index in [9.17, 15) is 4.21 Å². The lowest BCUT2D eigenvalue weighted by Crippen LogP contribution is -1.75. The Kier molecular flexibility index (Phi) is 4.55. The minimum absolute atomic E-state index is 0.720. The summed E-state index contributed by atoms with van der Waals surface area (Å²) in [5, 5.41) is 0. The molecule has 0 spiro atoms. The van der Waals surface area contributed by atoms with Crippen molar-refractivity contribution in [1.82, 2.24) is 0 Å². The van der Waals surface area contributed by atoms with Crippen molar-refractivity contribution >= 4 is 20.6 Å². The molecule has 0 aromatic heterocycles. The van der Waals surface area contributed by atoms with Gasteiger partial charge >= 0.3 is 0 Å². The van der Waals surface area contributed by atoms with E-state index in [0.717, 1.165) is 5.75 Å². The lowest BCUT2D eigenvalue weighted by molar-refractivity contribution is 0.695. The molecule has 0 N–H and O–H groups in total. The first-order chi connectivity index (χ1) is 3.27. The number of hydrogen-bond acceptors (Lipinski definition) is 2. The van der Waals surface area contributed by atoms with Gasteiger partial charge in [0.05, 0.1) is 9.83 Å². The fraction of sp³-hybridized carbons (Fsp3) is 0.500. The van der Waals surface area contributed by atoms with Crippen molar-refractivity contribution in [3.8, 4) is 0 Å². The molecule has 1 nitrogen and oxygen atoms in total. The average molecular weight is 136 g/mol. The fourth-order valence-corrected chi connectivity index (χ4v) is 1.30. The van der Waals surface area contributed by atoms with Gasteiger partial charge in [-0.3, -0.25) is 0 Å². The van der Waals surface area contributed by atoms with E-state index >= 15 is 0 Å². The molecule has 0 saturated carbocycles. The molecule has 0 heterocycles. The summed E-state index contributed by atoms with van der Waals surface area (Å²) in [4.78, 5) is 0. The molecule has 0 fully saturated rings. The van der Waals surface area contributed by atoms with Crippen molar-refractivity contribution in [2.75, 3.05) is 12.0 Å². The quantitative estimate of drug-likeness (QED) is 0.428. The molecule has 0 rings (SSSR count). The van der Waals surface area contributed by atoms with E-state index in [4.69, 9.17) is 0 Å². The summed E-state index contributed by atoms with van der Waals surface area (Å²) in [5.41, 5.74) is 0. The highest BCUT2D eigenvalue weighted by Crippen LogP contribution is 2.02. The Bertz CT molecular complexity index is 79.8. The van der Waals surface area contributed by atoms with Crippen LogP contribution in [0, 0.1) is 0 Å². The average Bonchev–Trinajstić information content (AvgIpc) is 1.61. The zero-order valence-corrected chi connectivity index (χ0v) is 5.85. The van der Waals surface area contributed by atoms with Gasteiger partial charge in [-0.25, -0.2) is 4.21 Å². The maximum absolute atomic E-state index is 10.2. The molecule has 0 aliphatic rings. The zero-order valence-electron chi connectivity index (χ0n) is 4.22. The second kappa shape index (κ2) is 4.40. The topological polar surface area (TPSA) is 17.1 Å². The summed E-state index contributed by atoms with van der Waals surface area (Å²) in [6.07, 6.45) is 3.40. The van der Waals surface area contributed by atoms with Gasteiger partial charge in [-0.2, -0.15) is 0 Å². The van der Waals surface area contributed by atoms with E-state index in [2.05, 4.69) is 6.58 Å². The Hall–Kier alpha value is 0.240. The lowest BCUT2D eigenvalue weighted by Gasteiger charge is -1.84. The maximum atomic E-state index is 10.2. The van der Waals surface area contributed by atoms with Crippen molar-refractivity contribution in [2.45, 2.75) is 0 Å². The van der Waals surface area contributed by atoms with Crippen LogP contribution in [0.15, 0.2) is 12.7 Å². The Balaban J connectivity index is 2.97. The normalized spacial score (nSPS) is 13.3. The van der Waals surface area contributed by atoms with E-state index in [1.165, 1.54) is 10.8 Å². The van der Waals surface area contributed by atoms with Gasteiger partial charge in [0.25, 0.3) is 0 Å². The van der Waals surface area contributed by atoms with Crippen LogP contribution in [0.3, 0.4) is 0 Å². The molecule has 42 valence electrons. The van der Waals surface area contributed by atoms with Gasteiger partial charge in [0.15, 0.2) is 0 Å². The molecule has 0 bridgehead atoms. The highest BCUT2D eigenvalue weighted by atomic mass is 33.1. The van der Waals surface area contributed by atoms with Crippen LogP contribution in [0.5, 0.6) is 0 Å². The SMILES string of the molecule is C=CCS[S@](C)=O. The fourth-order valence-electron chi connectivity index (χ4n) is 0.144. The molecular formula is C4H8OS2. The summed E-state index contributed by atoms with van der Waals surface area (Å²) >= 11 is 0. The molecule has 0 aromatic rings. The van der Waals surface area contributed by atoms with Gasteiger partial charge in [-0.15, -0.1) is 6.58 Å². The first-order valence-electron chi connectivity index (χ1n) is 1.85. The minimum atomic E-state index is -0.720. The molecular weight excluding hydrogens is 128 g/mol. The van der Waals surface area contributed by atoms with Gasteiger partial charge in [0.1, 0.15) is 0 Å². The van der Waals surface area contributed by atoms with Crippen LogP contribution < -0.4 is 0 Å². The second-order valence-corrected chi connectivity index (χ2v) is 4.46. The van der Waals surface area contributed by atoms with Crippen molar-refractivity contribution < 1.29 is 4.21 Å². The van der Waals surface area contributed by atoms with Gasteiger partial charge in [0.2, 0.25) is 0 Å².